The topological polar surface area (TPSA) is 46.5 Å². The van der Waals surface area contributed by atoms with E-state index in [0.29, 0.717) is 12.3 Å². The van der Waals surface area contributed by atoms with Gasteiger partial charge in [-0.2, -0.15) is 0 Å². The van der Waals surface area contributed by atoms with Crippen molar-refractivity contribution >= 4 is 5.97 Å². The quantitative estimate of drug-likeness (QED) is 0.674. The Labute approximate surface area is 79.1 Å². The number of rotatable bonds is 4. The number of carbonyl (C=O) groups excluding carboxylic acids is 1. The average Bonchev–Trinajstić information content (AvgIpc) is 2.66. The van der Waals surface area contributed by atoms with E-state index in [9.17, 15) is 4.79 Å². The Hall–Kier alpha value is -0.570. The first-order valence-electron chi connectivity index (χ1n) is 4.95. The maximum atomic E-state index is 11.0. The van der Waals surface area contributed by atoms with Crippen LogP contribution in [0.1, 0.15) is 32.1 Å². The zero-order valence-corrected chi connectivity index (χ0v) is 8.16. The van der Waals surface area contributed by atoms with Crippen molar-refractivity contribution in [1.29, 1.82) is 0 Å². The van der Waals surface area contributed by atoms with Gasteiger partial charge in [-0.1, -0.05) is 25.7 Å². The molecule has 1 fully saturated rings. The molecule has 0 amide bonds. The van der Waals surface area contributed by atoms with Crippen LogP contribution in [0.15, 0.2) is 0 Å². The number of hydrogen-bond acceptors (Lipinski definition) is 3. The van der Waals surface area contributed by atoms with Gasteiger partial charge in [-0.15, -0.1) is 0 Å². The fourth-order valence-electron chi connectivity index (χ4n) is 2.11. The number of esters is 1. The Bertz CT molecular complexity index is 162. The van der Waals surface area contributed by atoms with Crippen LogP contribution in [-0.2, 0) is 9.53 Å². The van der Waals surface area contributed by atoms with Crippen molar-refractivity contribution in [3.63, 3.8) is 0 Å². The van der Waals surface area contributed by atoms with Gasteiger partial charge in [0, 0.05) is 6.61 Å². The standard InChI is InChI=1S/C10H18O3/c1-13-10(12)6-9(7-11)8-4-2-3-5-8/h8-9,11H,2-7H2,1H3. The number of carbonyl (C=O) groups is 1. The fraction of sp³-hybridized carbons (Fsp3) is 0.900. The van der Waals surface area contributed by atoms with Crippen LogP contribution in [0, 0.1) is 11.8 Å². The molecule has 1 atom stereocenters. The molecule has 1 rings (SSSR count). The first kappa shape index (κ1) is 10.5. The van der Waals surface area contributed by atoms with Gasteiger partial charge in [-0.05, 0) is 11.8 Å². The minimum absolute atomic E-state index is 0.111. The van der Waals surface area contributed by atoms with Crippen molar-refractivity contribution in [3.8, 4) is 0 Å². The van der Waals surface area contributed by atoms with Gasteiger partial charge in [0.2, 0.25) is 0 Å². The third kappa shape index (κ3) is 2.99. The maximum Gasteiger partial charge on any atom is 0.305 e. The van der Waals surface area contributed by atoms with Gasteiger partial charge in [0.25, 0.3) is 0 Å². The summed E-state index contributed by atoms with van der Waals surface area (Å²) in [7, 11) is 1.39. The van der Waals surface area contributed by atoms with Crippen LogP contribution in [0.25, 0.3) is 0 Å². The number of aliphatic hydroxyl groups excluding tert-OH is 1. The van der Waals surface area contributed by atoms with Crippen LogP contribution in [-0.4, -0.2) is 24.8 Å². The average molecular weight is 186 g/mol. The lowest BCUT2D eigenvalue weighted by atomic mass is 9.89. The summed E-state index contributed by atoms with van der Waals surface area (Å²) in [5.41, 5.74) is 0. The molecule has 3 nitrogen and oxygen atoms in total. The number of aliphatic hydroxyl groups is 1. The molecule has 0 bridgehead atoms. The second kappa shape index (κ2) is 5.22. The molecule has 1 N–H and O–H groups in total. The van der Waals surface area contributed by atoms with Crippen LogP contribution >= 0.6 is 0 Å². The van der Waals surface area contributed by atoms with Gasteiger partial charge in [-0.25, -0.2) is 0 Å². The van der Waals surface area contributed by atoms with Gasteiger partial charge >= 0.3 is 5.97 Å². The lowest BCUT2D eigenvalue weighted by Gasteiger charge is -2.19. The molecule has 0 aromatic carbocycles. The van der Waals surface area contributed by atoms with E-state index in [-0.39, 0.29) is 18.5 Å². The van der Waals surface area contributed by atoms with E-state index in [4.69, 9.17) is 5.11 Å². The largest absolute Gasteiger partial charge is 0.469 e. The first-order valence-corrected chi connectivity index (χ1v) is 4.95. The Morgan fingerprint density at radius 2 is 2.15 bits per heavy atom. The highest BCUT2D eigenvalue weighted by atomic mass is 16.5. The lowest BCUT2D eigenvalue weighted by molar-refractivity contribution is -0.142. The van der Waals surface area contributed by atoms with E-state index >= 15 is 0 Å². The van der Waals surface area contributed by atoms with Gasteiger partial charge in [0.1, 0.15) is 0 Å². The molecular formula is C10H18O3. The number of ether oxygens (including phenoxy) is 1. The summed E-state index contributed by atoms with van der Waals surface area (Å²) in [5.74, 6) is 0.449. The third-order valence-electron chi connectivity index (χ3n) is 2.96. The van der Waals surface area contributed by atoms with Crippen molar-refractivity contribution in [2.45, 2.75) is 32.1 Å². The van der Waals surface area contributed by atoms with Gasteiger partial charge < -0.3 is 9.84 Å². The Kier molecular flexibility index (Phi) is 4.22. The summed E-state index contributed by atoms with van der Waals surface area (Å²) >= 11 is 0. The van der Waals surface area contributed by atoms with Crippen molar-refractivity contribution in [3.05, 3.63) is 0 Å². The Morgan fingerprint density at radius 3 is 2.62 bits per heavy atom. The van der Waals surface area contributed by atoms with E-state index in [1.165, 1.54) is 20.0 Å². The smallest absolute Gasteiger partial charge is 0.305 e. The molecule has 1 unspecified atom stereocenters. The molecule has 0 aromatic rings. The molecular weight excluding hydrogens is 168 g/mol. The fourth-order valence-corrected chi connectivity index (χ4v) is 2.11. The molecule has 0 radical (unpaired) electrons. The maximum absolute atomic E-state index is 11.0. The molecule has 3 heteroatoms. The van der Waals surface area contributed by atoms with Crippen LogP contribution in [0.4, 0.5) is 0 Å². The molecule has 0 aromatic heterocycles. The molecule has 1 saturated carbocycles. The van der Waals surface area contributed by atoms with Crippen molar-refractivity contribution in [2.75, 3.05) is 13.7 Å². The van der Waals surface area contributed by atoms with Crippen molar-refractivity contribution in [1.82, 2.24) is 0 Å². The van der Waals surface area contributed by atoms with Crippen LogP contribution in [0.3, 0.4) is 0 Å². The summed E-state index contributed by atoms with van der Waals surface area (Å²) in [5, 5.41) is 9.12. The molecule has 0 saturated heterocycles. The van der Waals surface area contributed by atoms with E-state index in [1.807, 2.05) is 0 Å². The zero-order chi connectivity index (χ0) is 9.68. The van der Waals surface area contributed by atoms with E-state index in [2.05, 4.69) is 4.74 Å². The summed E-state index contributed by atoms with van der Waals surface area (Å²) in [6, 6.07) is 0. The lowest BCUT2D eigenvalue weighted by Crippen LogP contribution is -2.20. The predicted octanol–water partition coefficient (Wildman–Crippen LogP) is 1.35. The first-order chi connectivity index (χ1) is 6.27. The van der Waals surface area contributed by atoms with Crippen molar-refractivity contribution in [2.24, 2.45) is 11.8 Å². The van der Waals surface area contributed by atoms with E-state index < -0.39 is 0 Å². The summed E-state index contributed by atoms with van der Waals surface area (Å²) in [6.45, 7) is 0.111. The van der Waals surface area contributed by atoms with Crippen LogP contribution in [0.2, 0.25) is 0 Å². The SMILES string of the molecule is COC(=O)CC(CO)C1CCCC1. The zero-order valence-electron chi connectivity index (χ0n) is 8.16. The van der Waals surface area contributed by atoms with Gasteiger partial charge in [0.05, 0.1) is 13.5 Å². The van der Waals surface area contributed by atoms with E-state index in [1.54, 1.807) is 0 Å². The molecule has 13 heavy (non-hydrogen) atoms. The van der Waals surface area contributed by atoms with Gasteiger partial charge in [-0.3, -0.25) is 4.79 Å². The molecule has 0 heterocycles. The minimum atomic E-state index is -0.203. The third-order valence-corrected chi connectivity index (χ3v) is 2.96. The number of hydrogen-bond donors (Lipinski definition) is 1. The number of methoxy groups -OCH3 is 1. The Balaban J connectivity index is 2.37. The molecule has 0 spiro atoms. The minimum Gasteiger partial charge on any atom is -0.469 e. The monoisotopic (exact) mass is 186 g/mol. The predicted molar refractivity (Wildman–Crippen MR) is 49.2 cm³/mol. The highest BCUT2D eigenvalue weighted by Crippen LogP contribution is 2.32. The van der Waals surface area contributed by atoms with Crippen LogP contribution < -0.4 is 0 Å². The Morgan fingerprint density at radius 1 is 1.54 bits per heavy atom. The summed E-state index contributed by atoms with van der Waals surface area (Å²) in [4.78, 5) is 11.0. The second-order valence-electron chi connectivity index (χ2n) is 3.77. The van der Waals surface area contributed by atoms with Crippen LogP contribution in [0.5, 0.6) is 0 Å². The molecule has 76 valence electrons. The second-order valence-corrected chi connectivity index (χ2v) is 3.77. The molecule has 1 aliphatic carbocycles. The van der Waals surface area contributed by atoms with Gasteiger partial charge in [0.15, 0.2) is 0 Å². The highest BCUT2D eigenvalue weighted by Gasteiger charge is 2.26. The van der Waals surface area contributed by atoms with E-state index in [0.717, 1.165) is 12.8 Å². The highest BCUT2D eigenvalue weighted by molar-refractivity contribution is 5.69. The van der Waals surface area contributed by atoms with Crippen molar-refractivity contribution < 1.29 is 14.6 Å². The molecule has 1 aliphatic rings. The molecule has 0 aliphatic heterocycles. The summed E-state index contributed by atoms with van der Waals surface area (Å²) in [6.07, 6.45) is 5.16. The normalized spacial score (nSPS) is 20.2. The summed E-state index contributed by atoms with van der Waals surface area (Å²) < 4.78 is 4.59.